The van der Waals surface area contributed by atoms with Crippen LogP contribution in [0.1, 0.15) is 0 Å². The molecule has 0 saturated heterocycles. The second-order valence-corrected chi connectivity index (χ2v) is 14.4. The Morgan fingerprint density at radius 3 is 1.68 bits per heavy atom. The molecule has 0 aliphatic heterocycles. The largest absolute Gasteiger partial charge is 0.456 e. The first-order valence-electron chi connectivity index (χ1n) is 19.2. The Bertz CT molecular complexity index is 3220. The quantitative estimate of drug-likeness (QED) is 0.164. The first kappa shape index (κ1) is 32.7. The lowest BCUT2D eigenvalue weighted by Crippen LogP contribution is -2.11. The van der Waals surface area contributed by atoms with Crippen molar-refractivity contribution in [2.24, 2.45) is 0 Å². The number of rotatable bonds is 7. The van der Waals surface area contributed by atoms with Gasteiger partial charge >= 0.3 is 0 Å². The maximum absolute atomic E-state index is 6.33. The van der Waals surface area contributed by atoms with Crippen LogP contribution in [0, 0.1) is 0 Å². The molecule has 2 heterocycles. The number of anilines is 3. The van der Waals surface area contributed by atoms with E-state index in [9.17, 15) is 0 Å². The molecular weight excluding hydrogens is 697 g/mol. The molecule has 0 aliphatic carbocycles. The summed E-state index contributed by atoms with van der Waals surface area (Å²) in [5, 5.41) is 4.49. The molecule has 0 saturated carbocycles. The van der Waals surface area contributed by atoms with Gasteiger partial charge in [-0.15, -0.1) is 0 Å². The minimum atomic E-state index is 0.601. The zero-order chi connectivity index (χ0) is 37.7. The summed E-state index contributed by atoms with van der Waals surface area (Å²) in [6.45, 7) is 0. The molecule has 0 N–H and O–H groups in total. The molecule has 268 valence electrons. The third-order valence-corrected chi connectivity index (χ3v) is 10.9. The van der Waals surface area contributed by atoms with Crippen LogP contribution < -0.4 is 4.90 Å². The van der Waals surface area contributed by atoms with Gasteiger partial charge < -0.3 is 13.7 Å². The van der Waals surface area contributed by atoms with Gasteiger partial charge in [0.2, 0.25) is 5.89 Å². The lowest BCUT2D eigenvalue weighted by molar-refractivity contribution is 0.620. The van der Waals surface area contributed by atoms with Gasteiger partial charge in [0.1, 0.15) is 16.7 Å². The van der Waals surface area contributed by atoms with Crippen molar-refractivity contribution in [3.05, 3.63) is 206 Å². The summed E-state index contributed by atoms with van der Waals surface area (Å²) >= 11 is 0. The van der Waals surface area contributed by atoms with Crippen molar-refractivity contribution in [1.29, 1.82) is 0 Å². The average Bonchev–Trinajstić information content (AvgIpc) is 3.87. The van der Waals surface area contributed by atoms with Crippen LogP contribution in [-0.2, 0) is 0 Å². The Hall–Kier alpha value is -7.69. The van der Waals surface area contributed by atoms with E-state index in [1.54, 1.807) is 0 Å². The third-order valence-electron chi connectivity index (χ3n) is 10.9. The van der Waals surface area contributed by atoms with Crippen molar-refractivity contribution in [2.75, 3.05) is 4.90 Å². The molecule has 0 unspecified atom stereocenters. The van der Waals surface area contributed by atoms with Crippen LogP contribution in [-0.4, -0.2) is 4.98 Å². The van der Waals surface area contributed by atoms with Gasteiger partial charge in [-0.25, -0.2) is 4.98 Å². The topological polar surface area (TPSA) is 42.4 Å². The lowest BCUT2D eigenvalue weighted by atomic mass is 9.98. The maximum atomic E-state index is 6.33. The molecule has 0 radical (unpaired) electrons. The second-order valence-electron chi connectivity index (χ2n) is 14.4. The number of hydrogen-bond donors (Lipinski definition) is 0. The molecule has 0 spiro atoms. The van der Waals surface area contributed by atoms with E-state index in [1.165, 1.54) is 27.5 Å². The van der Waals surface area contributed by atoms with Gasteiger partial charge in [-0.05, 0) is 105 Å². The van der Waals surface area contributed by atoms with E-state index >= 15 is 0 Å². The fourth-order valence-electron chi connectivity index (χ4n) is 8.01. The maximum Gasteiger partial charge on any atom is 0.227 e. The predicted molar refractivity (Wildman–Crippen MR) is 235 cm³/mol. The Morgan fingerprint density at radius 1 is 0.351 bits per heavy atom. The molecule has 4 nitrogen and oxygen atoms in total. The van der Waals surface area contributed by atoms with E-state index in [0.29, 0.717) is 5.89 Å². The second kappa shape index (κ2) is 13.6. The van der Waals surface area contributed by atoms with Crippen molar-refractivity contribution in [2.45, 2.75) is 0 Å². The summed E-state index contributed by atoms with van der Waals surface area (Å²) in [6.07, 6.45) is 0. The summed E-state index contributed by atoms with van der Waals surface area (Å²) in [7, 11) is 0. The summed E-state index contributed by atoms with van der Waals surface area (Å²) in [4.78, 5) is 7.12. The van der Waals surface area contributed by atoms with Crippen molar-refractivity contribution < 1.29 is 8.83 Å². The molecule has 9 aromatic carbocycles. The zero-order valence-electron chi connectivity index (χ0n) is 30.8. The molecule has 0 atom stereocenters. The summed E-state index contributed by atoms with van der Waals surface area (Å²) < 4.78 is 12.6. The van der Waals surface area contributed by atoms with E-state index in [1.807, 2.05) is 36.4 Å². The van der Waals surface area contributed by atoms with Crippen LogP contribution in [0.25, 0.3) is 88.6 Å². The molecule has 0 fully saturated rings. The fraction of sp³-hybridized carbons (Fsp3) is 0. The number of hydrogen-bond acceptors (Lipinski definition) is 4. The lowest BCUT2D eigenvalue weighted by Gasteiger charge is -2.28. The number of fused-ring (bicyclic) bond motifs is 5. The number of nitrogens with zero attached hydrogens (tertiary/aromatic N) is 2. The van der Waals surface area contributed by atoms with Crippen LogP contribution in [0.3, 0.4) is 0 Å². The Balaban J connectivity index is 0.992. The monoisotopic (exact) mass is 730 g/mol. The van der Waals surface area contributed by atoms with Crippen molar-refractivity contribution in [3.63, 3.8) is 0 Å². The van der Waals surface area contributed by atoms with Gasteiger partial charge in [0.25, 0.3) is 0 Å². The number of furan rings is 1. The average molecular weight is 731 g/mol. The summed E-state index contributed by atoms with van der Waals surface area (Å²) in [5.74, 6) is 0.601. The SMILES string of the molecule is c1ccc(-c2ccc(N(c3ccc(-c4ccc5oc6cc7nc(-c8ccccc8)oc7cc6c5c4)cc3)c3ccccc3-c3ccc4ccccc4c3)cc2)cc1. The van der Waals surface area contributed by atoms with Crippen LogP contribution in [0.5, 0.6) is 0 Å². The number of benzene rings is 9. The van der Waals surface area contributed by atoms with Gasteiger partial charge in [-0.1, -0.05) is 133 Å². The standard InChI is InChI=1S/C53H34N2O2/c1-3-11-35(12-4-1)37-21-26-43(27-22-37)55(49-18-10-9-17-45(49)42-20-19-36-13-7-8-16-40(36)31-42)44-28-23-38(24-29-44)41-25-30-50-46(32-41)47-33-52-48(34-51(47)56-50)54-53(57-52)39-14-5-2-6-15-39/h1-34H. The highest BCUT2D eigenvalue weighted by molar-refractivity contribution is 6.10. The van der Waals surface area contributed by atoms with Crippen LogP contribution in [0.4, 0.5) is 17.1 Å². The zero-order valence-corrected chi connectivity index (χ0v) is 30.8. The summed E-state index contributed by atoms with van der Waals surface area (Å²) in [5.41, 5.74) is 14.3. The third kappa shape index (κ3) is 5.92. The Labute approximate surface area is 329 Å². The highest BCUT2D eigenvalue weighted by Crippen LogP contribution is 2.43. The van der Waals surface area contributed by atoms with Gasteiger partial charge in [-0.3, -0.25) is 0 Å². The first-order valence-corrected chi connectivity index (χ1v) is 19.2. The Kier molecular flexibility index (Phi) is 7.78. The minimum Gasteiger partial charge on any atom is -0.456 e. The number of aromatic nitrogens is 1. The van der Waals surface area contributed by atoms with Gasteiger partial charge in [0.05, 0.1) is 5.69 Å². The van der Waals surface area contributed by atoms with Crippen molar-refractivity contribution in [3.8, 4) is 44.8 Å². The highest BCUT2D eigenvalue weighted by Gasteiger charge is 2.19. The van der Waals surface area contributed by atoms with Crippen LogP contribution in [0.15, 0.2) is 215 Å². The molecule has 2 aromatic heterocycles. The molecule has 4 heteroatoms. The van der Waals surface area contributed by atoms with Crippen molar-refractivity contribution >= 4 is 60.9 Å². The van der Waals surface area contributed by atoms with Crippen LogP contribution >= 0.6 is 0 Å². The van der Waals surface area contributed by atoms with Gasteiger partial charge in [0, 0.05) is 39.3 Å². The number of para-hydroxylation sites is 1. The van der Waals surface area contributed by atoms with E-state index < -0.39 is 0 Å². The molecule has 11 aromatic rings. The van der Waals surface area contributed by atoms with Gasteiger partial charge in [0.15, 0.2) is 5.58 Å². The molecule has 57 heavy (non-hydrogen) atoms. The molecule has 0 bridgehead atoms. The van der Waals surface area contributed by atoms with Gasteiger partial charge in [-0.2, -0.15) is 0 Å². The summed E-state index contributed by atoms with van der Waals surface area (Å²) in [6, 6.07) is 72.6. The Morgan fingerprint density at radius 2 is 0.930 bits per heavy atom. The molecule has 0 aliphatic rings. The van der Waals surface area contributed by atoms with Crippen molar-refractivity contribution in [1.82, 2.24) is 4.98 Å². The number of oxazole rings is 1. The fourth-order valence-corrected chi connectivity index (χ4v) is 8.01. The smallest absolute Gasteiger partial charge is 0.227 e. The normalized spacial score (nSPS) is 11.5. The minimum absolute atomic E-state index is 0.601. The van der Waals surface area contributed by atoms with E-state index in [-0.39, 0.29) is 0 Å². The van der Waals surface area contributed by atoms with E-state index in [4.69, 9.17) is 13.8 Å². The predicted octanol–water partition coefficient (Wildman–Crippen LogP) is 15.0. The highest BCUT2D eigenvalue weighted by atomic mass is 16.4. The molecular formula is C53H34N2O2. The van der Waals surface area contributed by atoms with E-state index in [0.717, 1.165) is 72.4 Å². The van der Waals surface area contributed by atoms with E-state index in [2.05, 4.69) is 175 Å². The molecule has 11 rings (SSSR count). The molecule has 0 amide bonds. The van der Waals surface area contributed by atoms with Crippen LogP contribution in [0.2, 0.25) is 0 Å². The first-order chi connectivity index (χ1) is 28.2.